The molecule has 0 aliphatic heterocycles. The van der Waals surface area contributed by atoms with Crippen LogP contribution in [0.15, 0.2) is 51.1 Å². The van der Waals surface area contributed by atoms with E-state index in [9.17, 15) is 0 Å². The van der Waals surface area contributed by atoms with Gasteiger partial charge in [-0.1, -0.05) is 409 Å². The molecule has 0 aromatic heterocycles. The van der Waals surface area contributed by atoms with Crippen molar-refractivity contribution in [3.8, 4) is 51.7 Å². The van der Waals surface area contributed by atoms with Crippen molar-refractivity contribution in [1.82, 2.24) is 0 Å². The minimum atomic E-state index is -2.08. The number of hydrogen-bond donors (Lipinski definition) is 1. The van der Waals surface area contributed by atoms with Crippen LogP contribution in [0.1, 0.15) is 467 Å². The molecule has 12 nitrogen and oxygen atoms in total. The maximum atomic E-state index is 8.44. The van der Waals surface area contributed by atoms with Gasteiger partial charge < -0.3 is 57.6 Å². The number of rotatable bonds is 84. The summed E-state index contributed by atoms with van der Waals surface area (Å²) >= 11 is 0. The Balaban J connectivity index is 0.0000106. The Kier molecular flexibility index (Phi) is 72.8. The van der Waals surface area contributed by atoms with Crippen LogP contribution in [0.3, 0.4) is 0 Å². The lowest BCUT2D eigenvalue weighted by Crippen LogP contribution is -2.18. The molecule has 0 saturated heterocycles. The average molecular weight is 1600 g/mol. The van der Waals surface area contributed by atoms with Crippen molar-refractivity contribution in [2.24, 2.45) is 0 Å². The second-order valence-electron chi connectivity index (χ2n) is 32.5. The first-order chi connectivity index (χ1) is 55.7. The highest BCUT2D eigenvalue weighted by atomic mass is 32.2. The maximum Gasteiger partial charge on any atom is 0.250 e. The summed E-state index contributed by atoms with van der Waals surface area (Å²) in [5.74, 6) is 7.08. The fraction of sp³-hybridized carbons (Fsp3) is 0.810. The van der Waals surface area contributed by atoms with Crippen LogP contribution in [0.2, 0.25) is 0 Å². The zero-order chi connectivity index (χ0) is 81.6. The van der Waals surface area contributed by atoms with Crippen LogP contribution in [0.25, 0.3) is 0 Å². The molecule has 0 unspecified atom stereocenters. The van der Waals surface area contributed by atoms with E-state index < -0.39 is 17.1 Å². The van der Waals surface area contributed by atoms with E-state index in [1.807, 2.05) is 0 Å². The first-order valence-corrected chi connectivity index (χ1v) is 49.7. The van der Waals surface area contributed by atoms with Gasteiger partial charge in [-0.25, -0.2) is 0 Å². The van der Waals surface area contributed by atoms with E-state index in [1.165, 1.54) is 289 Å². The lowest BCUT2D eigenvalue weighted by molar-refractivity contribution is -0.275. The van der Waals surface area contributed by atoms with Crippen LogP contribution in [0.5, 0.6) is 51.7 Å². The highest BCUT2D eigenvalue weighted by molar-refractivity contribution is 7.97. The molecule has 3 aromatic carbocycles. The van der Waals surface area contributed by atoms with Gasteiger partial charge in [0.1, 0.15) is 28.1 Å². The fourth-order valence-electron chi connectivity index (χ4n) is 14.7. The summed E-state index contributed by atoms with van der Waals surface area (Å²) in [6, 6.07) is 13.4. The molecule has 0 fully saturated rings. The van der Waals surface area contributed by atoms with Gasteiger partial charge >= 0.3 is 0 Å². The molecule has 0 radical (unpaired) electrons. The van der Waals surface area contributed by atoms with Crippen molar-refractivity contribution >= 4 is 17.1 Å². The van der Waals surface area contributed by atoms with Gasteiger partial charge in [0.05, 0.1) is 59.5 Å². The summed E-state index contributed by atoms with van der Waals surface area (Å²) in [4.78, 5) is 11.3. The molecule has 13 heteroatoms. The second kappa shape index (κ2) is 78.6. The predicted octanol–water partition coefficient (Wildman–Crippen LogP) is 31.8. The first kappa shape index (κ1) is 105. The summed E-state index contributed by atoms with van der Waals surface area (Å²) in [6.45, 7) is 26.1. The van der Waals surface area contributed by atoms with E-state index in [0.29, 0.717) is 59.5 Å². The average Bonchev–Trinajstić information content (AvgIpc) is 0.741. The van der Waals surface area contributed by atoms with E-state index >= 15 is 0 Å². The van der Waals surface area contributed by atoms with E-state index in [2.05, 4.69) is 98.7 Å². The SMILES string of the molecule is CCCCCCCCCOc1cc(OCCCCCCCCC)c([S+](c2c(OCCCCCCCCC)cc(OCCCCCCCCC)cc2OCCCCCCCCC)c2c(OCCCCCCCCC)cc(OCCCCCCCCC)cc2OCCCCCCCCC)c(OCCCCCCCCC)c1.O=C([O-])O. The number of ether oxygens (including phenoxy) is 9. The Morgan fingerprint density at radius 1 is 0.212 bits per heavy atom. The molecule has 3 aromatic rings. The number of hydrogen-bond acceptors (Lipinski definition) is 11. The Bertz CT molecular complexity index is 2180. The van der Waals surface area contributed by atoms with E-state index in [4.69, 9.17) is 57.6 Å². The minimum Gasteiger partial charge on any atom is -0.565 e. The molecule has 656 valence electrons. The highest BCUT2D eigenvalue weighted by Crippen LogP contribution is 2.56. The predicted molar refractivity (Wildman–Crippen MR) is 481 cm³/mol. The van der Waals surface area contributed by atoms with Crippen molar-refractivity contribution in [3.05, 3.63) is 36.4 Å². The number of carbonyl (C=O) groups is 1. The first-order valence-electron chi connectivity index (χ1n) is 48.5. The zero-order valence-electron chi connectivity index (χ0n) is 75.2. The number of benzene rings is 3. The standard InChI is InChI=1S/C99H177O9S.CH2O3/c1-10-19-28-37-46-55-64-73-100-88-82-91(103-76-67-58-49-40-31-22-13-4)97(92(83-88)104-77-68-59-50-41-32-23-14-5)109(98-93(105-78-69-60-51-42-33-24-15-6)84-89(101-74-65-56-47-38-29-20-11-2)85-94(98)106-79-70-61-52-43-34-25-16-7)99-95(107-80-71-62-53-44-35-26-17-8)86-90(102-75-66-57-48-39-30-21-12-3)87-96(99)108-81-72-63-54-45-36-27-18-9;2-1(3)4/h82-87H,10-81H2,1-9H3;(H2,2,3,4)/q+1;/p-1. The van der Waals surface area contributed by atoms with Gasteiger partial charge in [-0.2, -0.15) is 0 Å². The fourth-order valence-corrected chi connectivity index (χ4v) is 17.2. The summed E-state index contributed by atoms with van der Waals surface area (Å²) in [5, 5.41) is 15.3. The molecule has 1 N–H and O–H groups in total. The molecule has 0 bridgehead atoms. The normalized spacial score (nSPS) is 11.3. The van der Waals surface area contributed by atoms with Crippen LogP contribution in [0, 0.1) is 0 Å². The van der Waals surface area contributed by atoms with Gasteiger partial charge in [0.15, 0.2) is 34.5 Å². The molecule has 0 saturated carbocycles. The van der Waals surface area contributed by atoms with E-state index in [0.717, 1.165) is 182 Å². The lowest BCUT2D eigenvalue weighted by Gasteiger charge is -2.24. The van der Waals surface area contributed by atoms with Gasteiger partial charge in [0.2, 0.25) is 6.16 Å². The van der Waals surface area contributed by atoms with Crippen LogP contribution in [0.4, 0.5) is 4.79 Å². The van der Waals surface area contributed by atoms with Crippen LogP contribution < -0.4 is 47.7 Å². The van der Waals surface area contributed by atoms with Gasteiger partial charge in [-0.3, -0.25) is 0 Å². The molecule has 0 heterocycles. The van der Waals surface area contributed by atoms with Crippen molar-refractivity contribution in [2.75, 3.05) is 59.5 Å². The topological polar surface area (TPSA) is 143 Å². The third-order valence-electron chi connectivity index (χ3n) is 21.7. The summed E-state index contributed by atoms with van der Waals surface area (Å²) < 4.78 is 66.8. The molecule has 3 rings (SSSR count). The van der Waals surface area contributed by atoms with E-state index in [1.54, 1.807) is 0 Å². The molecule has 0 aliphatic carbocycles. The van der Waals surface area contributed by atoms with Crippen LogP contribution in [-0.4, -0.2) is 70.7 Å². The third-order valence-corrected chi connectivity index (χ3v) is 24.1. The Labute approximate surface area is 699 Å². The molecular weight excluding hydrogens is 1430 g/mol. The maximum absolute atomic E-state index is 8.44. The zero-order valence-corrected chi connectivity index (χ0v) is 76.0. The Hall–Kier alpha value is -4.52. The molecule has 0 amide bonds. The number of carboxylic acid groups (broad SMARTS) is 2. The van der Waals surface area contributed by atoms with Crippen LogP contribution >= 0.6 is 0 Å². The molecule has 113 heavy (non-hydrogen) atoms. The second-order valence-corrected chi connectivity index (χ2v) is 34.4. The molecule has 0 spiro atoms. The van der Waals surface area contributed by atoms with Gasteiger partial charge in [0, 0.05) is 36.4 Å². The lowest BCUT2D eigenvalue weighted by atomic mass is 10.1. The molecule has 0 aliphatic rings. The smallest absolute Gasteiger partial charge is 0.250 e. The van der Waals surface area contributed by atoms with Crippen LogP contribution in [-0.2, 0) is 10.9 Å². The summed E-state index contributed by atoms with van der Waals surface area (Å²) in [6.07, 6.45) is 73.5. The van der Waals surface area contributed by atoms with Crippen molar-refractivity contribution in [2.45, 2.75) is 482 Å². The largest absolute Gasteiger partial charge is 0.565 e. The van der Waals surface area contributed by atoms with E-state index in [-0.39, 0.29) is 0 Å². The van der Waals surface area contributed by atoms with Crippen molar-refractivity contribution in [1.29, 1.82) is 0 Å². The highest BCUT2D eigenvalue weighted by Gasteiger charge is 2.47. The summed E-state index contributed by atoms with van der Waals surface area (Å²) in [7, 11) is -1.14. The van der Waals surface area contributed by atoms with Gasteiger partial charge in [-0.05, 0) is 57.8 Å². The van der Waals surface area contributed by atoms with Crippen molar-refractivity contribution in [3.63, 3.8) is 0 Å². The Morgan fingerprint density at radius 3 is 0.442 bits per heavy atom. The summed E-state index contributed by atoms with van der Waals surface area (Å²) in [5.41, 5.74) is 0. The monoisotopic (exact) mass is 1600 g/mol. The third kappa shape index (κ3) is 56.5. The Morgan fingerprint density at radius 2 is 0.319 bits per heavy atom. The van der Waals surface area contributed by atoms with Gasteiger partial charge in [0.25, 0.3) is 14.7 Å². The minimum absolute atomic E-state index is 0.569. The van der Waals surface area contributed by atoms with Crippen molar-refractivity contribution < 1.29 is 57.6 Å². The molecule has 0 atom stereocenters. The van der Waals surface area contributed by atoms with Gasteiger partial charge in [-0.15, -0.1) is 0 Å². The quantitative estimate of drug-likeness (QED) is 0.0424. The number of unbranched alkanes of at least 4 members (excludes halogenated alkanes) is 54. The molecular formula is C100H178O12S.